The Balaban J connectivity index is 1.88. The van der Waals surface area contributed by atoms with Gasteiger partial charge in [0.05, 0.1) is 11.3 Å². The van der Waals surface area contributed by atoms with Gasteiger partial charge in [-0.25, -0.2) is 0 Å². The molecule has 0 unspecified atom stereocenters. The minimum absolute atomic E-state index is 0.143. The molecule has 0 amide bonds. The van der Waals surface area contributed by atoms with Crippen LogP contribution in [-0.4, -0.2) is 46.2 Å². The molecule has 0 aliphatic heterocycles. The van der Waals surface area contributed by atoms with Crippen molar-refractivity contribution in [3.8, 4) is 0 Å². The van der Waals surface area contributed by atoms with Crippen molar-refractivity contribution in [1.29, 1.82) is 0 Å². The largest absolute Gasteiger partial charge is 0.504 e. The molecule has 7 heteroatoms. The average Bonchev–Trinajstić information content (AvgIpc) is 2.74. The number of esters is 2. The number of carbonyl (C=O) groups excluding carboxylic acids is 3. The fourth-order valence-electron chi connectivity index (χ4n) is 6.63. The van der Waals surface area contributed by atoms with Gasteiger partial charge in [0.2, 0.25) is 5.78 Å². The number of hydrogen-bond acceptors (Lipinski definition) is 7. The van der Waals surface area contributed by atoms with Gasteiger partial charge in [-0.1, -0.05) is 32.9 Å². The van der Waals surface area contributed by atoms with Gasteiger partial charge in [0.25, 0.3) is 0 Å². The molecule has 0 aromatic carbocycles. The van der Waals surface area contributed by atoms with Gasteiger partial charge in [-0.15, -0.1) is 6.58 Å². The maximum Gasteiger partial charge on any atom is 0.308 e. The maximum absolute atomic E-state index is 13.5. The van der Waals surface area contributed by atoms with Crippen molar-refractivity contribution >= 4 is 17.7 Å². The minimum atomic E-state index is -1.48. The van der Waals surface area contributed by atoms with E-state index >= 15 is 0 Å². The van der Waals surface area contributed by atoms with Crippen LogP contribution in [0.15, 0.2) is 35.6 Å². The van der Waals surface area contributed by atoms with E-state index in [4.69, 9.17) is 9.47 Å². The molecule has 4 aliphatic rings. The van der Waals surface area contributed by atoms with Gasteiger partial charge in [0, 0.05) is 28.9 Å². The first-order valence-corrected chi connectivity index (χ1v) is 11.7. The predicted molar refractivity (Wildman–Crippen MR) is 120 cm³/mol. The lowest BCUT2D eigenvalue weighted by molar-refractivity contribution is -0.240. The highest BCUT2D eigenvalue weighted by Crippen LogP contribution is 2.74. The van der Waals surface area contributed by atoms with Gasteiger partial charge < -0.3 is 19.7 Å². The number of aliphatic hydroxyl groups excluding tert-OH is 1. The van der Waals surface area contributed by atoms with Crippen LogP contribution in [-0.2, 0) is 23.9 Å². The molecule has 0 heterocycles. The number of rotatable bonds is 5. The van der Waals surface area contributed by atoms with Crippen LogP contribution in [0.25, 0.3) is 0 Å². The zero-order valence-electron chi connectivity index (χ0n) is 20.1. The maximum atomic E-state index is 13.5. The highest BCUT2D eigenvalue weighted by atomic mass is 16.6. The van der Waals surface area contributed by atoms with Gasteiger partial charge in [-0.3, -0.25) is 14.4 Å². The molecule has 33 heavy (non-hydrogen) atoms. The summed E-state index contributed by atoms with van der Waals surface area (Å²) in [4.78, 5) is 37.7. The second kappa shape index (κ2) is 7.29. The van der Waals surface area contributed by atoms with Crippen molar-refractivity contribution in [1.82, 2.24) is 0 Å². The molecule has 0 saturated heterocycles. The Morgan fingerprint density at radius 2 is 1.97 bits per heavy atom. The number of aliphatic hydroxyl groups is 2. The number of hydrogen-bond donors (Lipinski definition) is 2. The third-order valence-corrected chi connectivity index (χ3v) is 8.61. The van der Waals surface area contributed by atoms with E-state index in [1.165, 1.54) is 6.92 Å². The Hall–Kier alpha value is -2.41. The lowest BCUT2D eigenvalue weighted by Gasteiger charge is -2.71. The van der Waals surface area contributed by atoms with Crippen LogP contribution in [0.1, 0.15) is 60.3 Å². The first-order valence-electron chi connectivity index (χ1n) is 11.7. The Labute approximate surface area is 194 Å². The van der Waals surface area contributed by atoms with Crippen molar-refractivity contribution in [2.75, 3.05) is 6.61 Å². The molecule has 0 bridgehead atoms. The van der Waals surface area contributed by atoms with Crippen LogP contribution in [0.5, 0.6) is 0 Å². The smallest absolute Gasteiger partial charge is 0.308 e. The third kappa shape index (κ3) is 3.00. The first-order chi connectivity index (χ1) is 15.3. The molecule has 2 N–H and O–H groups in total. The van der Waals surface area contributed by atoms with Gasteiger partial charge in [-0.05, 0) is 38.5 Å². The van der Waals surface area contributed by atoms with E-state index in [0.717, 1.165) is 0 Å². The van der Waals surface area contributed by atoms with Crippen LogP contribution >= 0.6 is 0 Å². The second-order valence-corrected chi connectivity index (χ2v) is 11.1. The zero-order chi connectivity index (χ0) is 24.6. The van der Waals surface area contributed by atoms with Crippen molar-refractivity contribution in [3.63, 3.8) is 0 Å². The minimum Gasteiger partial charge on any atom is -0.504 e. The normalized spacial score (nSPS) is 41.4. The molecular weight excluding hydrogens is 424 g/mol. The van der Waals surface area contributed by atoms with E-state index in [-0.39, 0.29) is 24.0 Å². The van der Waals surface area contributed by atoms with Crippen LogP contribution < -0.4 is 0 Å². The van der Waals surface area contributed by atoms with Crippen molar-refractivity contribution in [2.45, 2.75) is 72.0 Å². The van der Waals surface area contributed by atoms with E-state index < -0.39 is 51.4 Å². The van der Waals surface area contributed by atoms with Gasteiger partial charge in [0.15, 0.2) is 5.76 Å². The summed E-state index contributed by atoms with van der Waals surface area (Å²) >= 11 is 0. The van der Waals surface area contributed by atoms with E-state index in [1.54, 1.807) is 26.8 Å². The molecule has 0 radical (unpaired) electrons. The average molecular weight is 459 g/mol. The Bertz CT molecular complexity index is 1010. The molecule has 0 aromatic heterocycles. The number of carbonyl (C=O) groups is 3. The quantitative estimate of drug-likeness (QED) is 0.479. The third-order valence-electron chi connectivity index (χ3n) is 8.61. The summed E-state index contributed by atoms with van der Waals surface area (Å²) in [6.45, 7) is 12.1. The Kier molecular flexibility index (Phi) is 5.25. The summed E-state index contributed by atoms with van der Waals surface area (Å²) in [5.41, 5.74) is -3.37. The van der Waals surface area contributed by atoms with Crippen LogP contribution in [0.2, 0.25) is 0 Å². The fraction of sp³-hybridized carbons (Fsp3) is 0.654. The Morgan fingerprint density at radius 1 is 1.30 bits per heavy atom. The number of ketones is 1. The van der Waals surface area contributed by atoms with Crippen LogP contribution in [0.3, 0.4) is 0 Å². The molecule has 7 nitrogen and oxygen atoms in total. The van der Waals surface area contributed by atoms with E-state index in [2.05, 4.69) is 6.58 Å². The van der Waals surface area contributed by atoms with Crippen molar-refractivity contribution in [2.24, 2.45) is 28.1 Å². The van der Waals surface area contributed by atoms with Crippen LogP contribution in [0, 0.1) is 28.1 Å². The highest BCUT2D eigenvalue weighted by Gasteiger charge is 2.77. The molecular formula is C26H34O7. The molecule has 2 saturated carbocycles. The van der Waals surface area contributed by atoms with Gasteiger partial charge in [0.1, 0.15) is 18.3 Å². The lowest BCUT2D eigenvalue weighted by atomic mass is 9.34. The SMILES string of the molecule is C=C[C@]1(C)C=C2C(=O)C(O)=C3[C@@]4(O)[C@H](C[C@H](OC(C)=O)[C@]3(C)COC(=O)C(C)C)C[C@]24CC1. The van der Waals surface area contributed by atoms with Gasteiger partial charge in [-0.2, -0.15) is 0 Å². The van der Waals surface area contributed by atoms with E-state index in [9.17, 15) is 24.6 Å². The summed E-state index contributed by atoms with van der Waals surface area (Å²) in [5, 5.41) is 23.5. The topological polar surface area (TPSA) is 110 Å². The summed E-state index contributed by atoms with van der Waals surface area (Å²) in [5.74, 6) is -2.68. The highest BCUT2D eigenvalue weighted by molar-refractivity contribution is 6.10. The summed E-state index contributed by atoms with van der Waals surface area (Å²) in [7, 11) is 0. The fourth-order valence-corrected chi connectivity index (χ4v) is 6.63. The van der Waals surface area contributed by atoms with E-state index in [1.807, 2.05) is 13.0 Å². The monoisotopic (exact) mass is 458 g/mol. The molecule has 0 aromatic rings. The number of ether oxygens (including phenoxy) is 2. The number of Topliss-reactive ketones (excluding diaryl/α,β-unsaturated/α-hetero) is 1. The predicted octanol–water partition coefficient (Wildman–Crippen LogP) is 3.57. The molecule has 6 atom stereocenters. The van der Waals surface area contributed by atoms with Crippen LogP contribution in [0.4, 0.5) is 0 Å². The summed E-state index contributed by atoms with van der Waals surface area (Å²) in [6.07, 6.45) is 5.08. The summed E-state index contributed by atoms with van der Waals surface area (Å²) < 4.78 is 11.2. The first kappa shape index (κ1) is 23.7. The number of allylic oxidation sites excluding steroid dienone is 3. The van der Waals surface area contributed by atoms with Crippen molar-refractivity contribution < 1.29 is 34.1 Å². The van der Waals surface area contributed by atoms with Crippen molar-refractivity contribution in [3.05, 3.63) is 35.6 Å². The van der Waals surface area contributed by atoms with E-state index in [0.29, 0.717) is 31.3 Å². The summed E-state index contributed by atoms with van der Waals surface area (Å²) in [6, 6.07) is 0. The molecule has 1 spiro atoms. The molecule has 4 aliphatic carbocycles. The molecule has 2 fully saturated rings. The zero-order valence-corrected chi connectivity index (χ0v) is 20.1. The standard InChI is InChI=1S/C26H34O7/c1-7-23(5)8-9-25-11-16-10-18(33-15(4)27)24(6,13-32-22(30)14(2)3)21(26(16,25)31)20(29)19(28)17(25)12-23/h7,12,14,16,18,29,31H,1,8-11,13H2,2-6H3/t16-,18+,23+,24+,25-,26+/m1/s1. The lowest BCUT2D eigenvalue weighted by Crippen LogP contribution is -2.75. The van der Waals surface area contributed by atoms with Gasteiger partial charge >= 0.3 is 11.9 Å². The second-order valence-electron chi connectivity index (χ2n) is 11.1. The molecule has 180 valence electrons. The Morgan fingerprint density at radius 3 is 2.55 bits per heavy atom. The molecule has 4 rings (SSSR count).